The molecule has 0 aromatic heterocycles. The van der Waals surface area contributed by atoms with Crippen LogP contribution in [0, 0.1) is 5.82 Å². The average Bonchev–Trinajstić information content (AvgIpc) is 2.09. The fourth-order valence-electron chi connectivity index (χ4n) is 1.20. The van der Waals surface area contributed by atoms with E-state index in [2.05, 4.69) is 0 Å². The number of hydrogen-bond acceptors (Lipinski definition) is 3. The van der Waals surface area contributed by atoms with Crippen LogP contribution in [-0.2, 0) is 4.79 Å². The van der Waals surface area contributed by atoms with Crippen molar-refractivity contribution in [1.82, 2.24) is 0 Å². The third kappa shape index (κ3) is 2.73. The van der Waals surface area contributed by atoms with Gasteiger partial charge in [-0.3, -0.25) is 4.79 Å². The van der Waals surface area contributed by atoms with Gasteiger partial charge in [-0.05, 0) is 6.07 Å². The Morgan fingerprint density at radius 2 is 2.20 bits per heavy atom. The standard InChI is InChI=1S/C9H11ClFN3O/c1-14(4-9(13)15)8-2-5(10)6(11)3-7(8)12/h2-3H,4,12H2,1H3,(H2,13,15). The van der Waals surface area contributed by atoms with Gasteiger partial charge >= 0.3 is 0 Å². The summed E-state index contributed by atoms with van der Waals surface area (Å²) < 4.78 is 13.0. The predicted octanol–water partition coefficient (Wildman–Crippen LogP) is 0.983. The highest BCUT2D eigenvalue weighted by molar-refractivity contribution is 6.31. The van der Waals surface area contributed by atoms with Crippen LogP contribution in [-0.4, -0.2) is 19.5 Å². The fourth-order valence-corrected chi connectivity index (χ4v) is 1.36. The monoisotopic (exact) mass is 231 g/mol. The lowest BCUT2D eigenvalue weighted by Gasteiger charge is -2.19. The number of rotatable bonds is 3. The Kier molecular flexibility index (Phi) is 3.36. The molecule has 1 aromatic rings. The van der Waals surface area contributed by atoms with Gasteiger partial charge in [-0.1, -0.05) is 11.6 Å². The molecule has 1 rings (SSSR count). The maximum absolute atomic E-state index is 13.0. The van der Waals surface area contributed by atoms with E-state index in [1.54, 1.807) is 7.05 Å². The molecule has 0 heterocycles. The highest BCUT2D eigenvalue weighted by Gasteiger charge is 2.11. The molecular formula is C9H11ClFN3O. The van der Waals surface area contributed by atoms with Gasteiger partial charge in [0.1, 0.15) is 5.82 Å². The van der Waals surface area contributed by atoms with E-state index < -0.39 is 11.7 Å². The molecular weight excluding hydrogens is 221 g/mol. The van der Waals surface area contributed by atoms with Crippen molar-refractivity contribution in [2.24, 2.45) is 5.73 Å². The van der Waals surface area contributed by atoms with E-state index in [1.807, 2.05) is 0 Å². The Morgan fingerprint density at radius 3 is 2.73 bits per heavy atom. The summed E-state index contributed by atoms with van der Waals surface area (Å²) >= 11 is 5.59. The van der Waals surface area contributed by atoms with E-state index in [4.69, 9.17) is 23.1 Å². The average molecular weight is 232 g/mol. The number of primary amides is 1. The summed E-state index contributed by atoms with van der Waals surface area (Å²) in [5.74, 6) is -1.09. The second-order valence-corrected chi connectivity index (χ2v) is 3.55. The molecule has 4 nitrogen and oxygen atoms in total. The Balaban J connectivity index is 3.03. The lowest BCUT2D eigenvalue weighted by atomic mass is 10.2. The number of hydrogen-bond donors (Lipinski definition) is 2. The molecule has 82 valence electrons. The topological polar surface area (TPSA) is 72.3 Å². The van der Waals surface area contributed by atoms with Crippen molar-refractivity contribution in [3.8, 4) is 0 Å². The number of anilines is 2. The van der Waals surface area contributed by atoms with Gasteiger partial charge in [-0.25, -0.2) is 4.39 Å². The normalized spacial score (nSPS) is 10.1. The molecule has 0 aliphatic carbocycles. The highest BCUT2D eigenvalue weighted by atomic mass is 35.5. The third-order valence-electron chi connectivity index (χ3n) is 1.87. The number of likely N-dealkylation sites (N-methyl/N-ethyl adjacent to an activating group) is 1. The van der Waals surface area contributed by atoms with Crippen LogP contribution in [0.3, 0.4) is 0 Å². The van der Waals surface area contributed by atoms with E-state index in [1.165, 1.54) is 11.0 Å². The molecule has 0 spiro atoms. The van der Waals surface area contributed by atoms with Crippen molar-refractivity contribution >= 4 is 28.9 Å². The summed E-state index contributed by atoms with van der Waals surface area (Å²) in [6.07, 6.45) is 0. The number of halogens is 2. The first-order valence-electron chi connectivity index (χ1n) is 4.15. The molecule has 0 aliphatic heterocycles. The molecule has 0 unspecified atom stereocenters. The Bertz CT molecular complexity index is 397. The molecule has 0 aliphatic rings. The summed E-state index contributed by atoms with van der Waals surface area (Å²) in [4.78, 5) is 12.2. The van der Waals surface area contributed by atoms with Gasteiger partial charge in [-0.2, -0.15) is 0 Å². The third-order valence-corrected chi connectivity index (χ3v) is 2.16. The number of nitrogens with two attached hydrogens (primary N) is 2. The van der Waals surface area contributed by atoms with Gasteiger partial charge in [0, 0.05) is 13.1 Å². The van der Waals surface area contributed by atoms with E-state index >= 15 is 0 Å². The minimum atomic E-state index is -0.592. The van der Waals surface area contributed by atoms with Crippen molar-refractivity contribution in [2.75, 3.05) is 24.2 Å². The molecule has 1 amide bonds. The molecule has 0 fully saturated rings. The summed E-state index contributed by atoms with van der Waals surface area (Å²) in [5.41, 5.74) is 11.3. The van der Waals surface area contributed by atoms with Gasteiger partial charge in [0.05, 0.1) is 22.9 Å². The quantitative estimate of drug-likeness (QED) is 0.762. The van der Waals surface area contributed by atoms with Crippen molar-refractivity contribution in [3.05, 3.63) is 23.0 Å². The summed E-state index contributed by atoms with van der Waals surface area (Å²) in [6.45, 7) is -0.00778. The molecule has 0 saturated carbocycles. The zero-order chi connectivity index (χ0) is 11.6. The second kappa shape index (κ2) is 4.35. The maximum Gasteiger partial charge on any atom is 0.236 e. The summed E-state index contributed by atoms with van der Waals surface area (Å²) in [5, 5.41) is -0.0458. The Morgan fingerprint density at radius 1 is 1.60 bits per heavy atom. The van der Waals surface area contributed by atoms with Crippen LogP contribution in [0.2, 0.25) is 5.02 Å². The highest BCUT2D eigenvalue weighted by Crippen LogP contribution is 2.28. The van der Waals surface area contributed by atoms with Gasteiger partial charge in [0.25, 0.3) is 0 Å². The lowest BCUT2D eigenvalue weighted by Crippen LogP contribution is -2.31. The van der Waals surface area contributed by atoms with E-state index in [9.17, 15) is 9.18 Å². The van der Waals surface area contributed by atoms with E-state index in [0.717, 1.165) is 6.07 Å². The first-order chi connectivity index (χ1) is 6.91. The summed E-state index contributed by atoms with van der Waals surface area (Å²) in [7, 11) is 1.62. The van der Waals surface area contributed by atoms with Gasteiger partial charge < -0.3 is 16.4 Å². The van der Waals surface area contributed by atoms with Crippen LogP contribution in [0.25, 0.3) is 0 Å². The van der Waals surface area contributed by atoms with Crippen LogP contribution in [0.4, 0.5) is 15.8 Å². The molecule has 1 aromatic carbocycles. The zero-order valence-corrected chi connectivity index (χ0v) is 8.88. The number of amides is 1. The largest absolute Gasteiger partial charge is 0.397 e. The first kappa shape index (κ1) is 11.6. The number of carbonyl (C=O) groups is 1. The second-order valence-electron chi connectivity index (χ2n) is 3.15. The number of benzene rings is 1. The van der Waals surface area contributed by atoms with Gasteiger partial charge in [0.15, 0.2) is 0 Å². The van der Waals surface area contributed by atoms with Gasteiger partial charge in [0.2, 0.25) is 5.91 Å². The molecule has 0 bridgehead atoms. The van der Waals surface area contributed by atoms with Gasteiger partial charge in [-0.15, -0.1) is 0 Å². The molecule has 0 radical (unpaired) electrons. The van der Waals surface area contributed by atoms with Crippen LogP contribution >= 0.6 is 11.6 Å². The summed E-state index contributed by atoms with van der Waals surface area (Å²) in [6, 6.07) is 2.46. The number of carbonyl (C=O) groups excluding carboxylic acids is 1. The van der Waals surface area contributed by atoms with Crippen molar-refractivity contribution in [3.63, 3.8) is 0 Å². The Labute approximate surface area is 91.6 Å². The number of nitrogens with zero attached hydrogens (tertiary/aromatic N) is 1. The fraction of sp³-hybridized carbons (Fsp3) is 0.222. The van der Waals surface area contributed by atoms with E-state index in [0.29, 0.717) is 5.69 Å². The van der Waals surface area contributed by atoms with Crippen LogP contribution < -0.4 is 16.4 Å². The molecule has 0 saturated heterocycles. The SMILES string of the molecule is CN(CC(N)=O)c1cc(Cl)c(F)cc1N. The van der Waals surface area contributed by atoms with Crippen molar-refractivity contribution < 1.29 is 9.18 Å². The predicted molar refractivity (Wildman–Crippen MR) is 58.3 cm³/mol. The first-order valence-corrected chi connectivity index (χ1v) is 4.53. The minimum Gasteiger partial charge on any atom is -0.397 e. The van der Waals surface area contributed by atoms with Crippen molar-refractivity contribution in [2.45, 2.75) is 0 Å². The zero-order valence-electron chi connectivity index (χ0n) is 8.13. The van der Waals surface area contributed by atoms with E-state index in [-0.39, 0.29) is 17.3 Å². The molecule has 6 heteroatoms. The Hall–Kier alpha value is -1.49. The molecule has 4 N–H and O–H groups in total. The molecule has 15 heavy (non-hydrogen) atoms. The van der Waals surface area contributed by atoms with Crippen LogP contribution in [0.5, 0.6) is 0 Å². The van der Waals surface area contributed by atoms with Crippen LogP contribution in [0.15, 0.2) is 12.1 Å². The minimum absolute atomic E-state index is 0.00778. The molecule has 0 atom stereocenters. The maximum atomic E-state index is 13.0. The number of nitrogen functional groups attached to an aromatic ring is 1. The van der Waals surface area contributed by atoms with Crippen LogP contribution in [0.1, 0.15) is 0 Å². The lowest BCUT2D eigenvalue weighted by molar-refractivity contribution is -0.116. The van der Waals surface area contributed by atoms with Crippen molar-refractivity contribution in [1.29, 1.82) is 0 Å². The smallest absolute Gasteiger partial charge is 0.236 e.